The maximum absolute atomic E-state index is 12.5. The fourth-order valence-electron chi connectivity index (χ4n) is 3.92. The van der Waals surface area contributed by atoms with Crippen molar-refractivity contribution in [3.8, 4) is 0 Å². The van der Waals surface area contributed by atoms with Crippen molar-refractivity contribution in [1.82, 2.24) is 4.98 Å². The molecule has 130 valence electrons. The van der Waals surface area contributed by atoms with Crippen LogP contribution in [0.4, 0.5) is 5.69 Å². The number of morpholine rings is 1. The van der Waals surface area contributed by atoms with Crippen molar-refractivity contribution in [2.75, 3.05) is 31.3 Å². The van der Waals surface area contributed by atoms with Gasteiger partial charge in [0.05, 0.1) is 37.5 Å². The standard InChI is InChI=1S/C17H23N3O4/c1-10-15(11(2)24-19-10)13-6-14(16(21)18-7-13)20-4-5-23-17(12(20)3)8-22-9-17/h6-7,11-12,15H,4-5,8-9H2,1-3H3,(H,18,21). The topological polar surface area (TPSA) is 76.2 Å². The molecule has 24 heavy (non-hydrogen) atoms. The number of aromatic amines is 1. The van der Waals surface area contributed by atoms with Gasteiger partial charge in [-0.3, -0.25) is 4.79 Å². The van der Waals surface area contributed by atoms with Gasteiger partial charge in [0.2, 0.25) is 0 Å². The Bertz CT molecular complexity index is 725. The molecular weight excluding hydrogens is 310 g/mol. The number of nitrogens with zero attached hydrogens (tertiary/aromatic N) is 2. The lowest BCUT2D eigenvalue weighted by molar-refractivity contribution is -0.228. The zero-order valence-corrected chi connectivity index (χ0v) is 14.2. The van der Waals surface area contributed by atoms with Gasteiger partial charge in [-0.15, -0.1) is 0 Å². The molecule has 4 heterocycles. The van der Waals surface area contributed by atoms with Crippen molar-refractivity contribution in [3.63, 3.8) is 0 Å². The van der Waals surface area contributed by atoms with Gasteiger partial charge in [0.15, 0.2) is 0 Å². The van der Waals surface area contributed by atoms with Crippen LogP contribution in [0, 0.1) is 0 Å². The normalized spacial score (nSPS) is 31.5. The molecule has 1 aromatic rings. The van der Waals surface area contributed by atoms with Crippen molar-refractivity contribution >= 4 is 11.4 Å². The molecule has 0 aliphatic carbocycles. The lowest BCUT2D eigenvalue weighted by Gasteiger charge is -2.53. The molecule has 3 aliphatic rings. The predicted molar refractivity (Wildman–Crippen MR) is 89.8 cm³/mol. The highest BCUT2D eigenvalue weighted by Crippen LogP contribution is 2.35. The van der Waals surface area contributed by atoms with E-state index in [9.17, 15) is 4.79 Å². The summed E-state index contributed by atoms with van der Waals surface area (Å²) in [7, 11) is 0. The Morgan fingerprint density at radius 3 is 2.79 bits per heavy atom. The third-order valence-electron chi connectivity index (χ3n) is 5.50. The van der Waals surface area contributed by atoms with E-state index >= 15 is 0 Å². The molecule has 2 saturated heterocycles. The van der Waals surface area contributed by atoms with Crippen molar-refractivity contribution < 1.29 is 14.3 Å². The van der Waals surface area contributed by atoms with Gasteiger partial charge in [-0.2, -0.15) is 0 Å². The van der Waals surface area contributed by atoms with Gasteiger partial charge >= 0.3 is 0 Å². The van der Waals surface area contributed by atoms with Crippen molar-refractivity contribution in [2.45, 2.75) is 44.4 Å². The number of hydrogen-bond donors (Lipinski definition) is 1. The van der Waals surface area contributed by atoms with Crippen LogP contribution in [0.1, 0.15) is 32.3 Å². The number of nitrogens with one attached hydrogen (secondary N) is 1. The Morgan fingerprint density at radius 1 is 1.38 bits per heavy atom. The maximum Gasteiger partial charge on any atom is 0.271 e. The number of H-pyrrole nitrogens is 1. The van der Waals surface area contributed by atoms with Crippen LogP contribution in [-0.4, -0.2) is 54.8 Å². The van der Waals surface area contributed by atoms with Crippen LogP contribution in [0.5, 0.6) is 0 Å². The van der Waals surface area contributed by atoms with Gasteiger partial charge in [0, 0.05) is 12.7 Å². The maximum atomic E-state index is 12.5. The third kappa shape index (κ3) is 2.26. The van der Waals surface area contributed by atoms with Crippen molar-refractivity contribution in [1.29, 1.82) is 0 Å². The molecule has 0 amide bonds. The van der Waals surface area contributed by atoms with Gasteiger partial charge in [0.1, 0.15) is 17.4 Å². The molecule has 7 heteroatoms. The number of hydrogen-bond acceptors (Lipinski definition) is 6. The first-order valence-corrected chi connectivity index (χ1v) is 8.43. The summed E-state index contributed by atoms with van der Waals surface area (Å²) in [4.78, 5) is 22.9. The Morgan fingerprint density at radius 2 is 2.17 bits per heavy atom. The van der Waals surface area contributed by atoms with E-state index in [1.807, 2.05) is 19.9 Å². The van der Waals surface area contributed by atoms with Gasteiger partial charge in [-0.25, -0.2) is 0 Å². The largest absolute Gasteiger partial charge is 0.392 e. The molecule has 0 radical (unpaired) electrons. The summed E-state index contributed by atoms with van der Waals surface area (Å²) in [6.45, 7) is 8.51. The second-order valence-corrected chi connectivity index (χ2v) is 6.94. The van der Waals surface area contributed by atoms with E-state index < -0.39 is 0 Å². The Balaban J connectivity index is 1.69. The van der Waals surface area contributed by atoms with Crippen LogP contribution in [0.15, 0.2) is 22.2 Å². The van der Waals surface area contributed by atoms with Crippen LogP contribution >= 0.6 is 0 Å². The molecule has 2 fully saturated rings. The van der Waals surface area contributed by atoms with Crippen molar-refractivity contribution in [3.05, 3.63) is 28.2 Å². The lowest BCUT2D eigenvalue weighted by atomic mass is 9.89. The molecule has 1 aromatic heterocycles. The van der Waals surface area contributed by atoms with E-state index in [4.69, 9.17) is 14.3 Å². The van der Waals surface area contributed by atoms with Gasteiger partial charge < -0.3 is 24.2 Å². The number of ether oxygens (including phenoxy) is 2. The molecule has 3 atom stereocenters. The molecule has 0 aromatic carbocycles. The van der Waals surface area contributed by atoms with Gasteiger partial charge in [-0.1, -0.05) is 5.16 Å². The highest BCUT2D eigenvalue weighted by Gasteiger charge is 2.50. The number of rotatable bonds is 2. The molecule has 4 rings (SSSR count). The average Bonchev–Trinajstić information content (AvgIpc) is 2.86. The molecule has 7 nitrogen and oxygen atoms in total. The monoisotopic (exact) mass is 333 g/mol. The molecule has 3 aliphatic heterocycles. The van der Waals surface area contributed by atoms with E-state index in [0.29, 0.717) is 32.1 Å². The molecule has 0 saturated carbocycles. The van der Waals surface area contributed by atoms with Crippen LogP contribution < -0.4 is 10.5 Å². The summed E-state index contributed by atoms with van der Waals surface area (Å²) in [6.07, 6.45) is 1.74. The number of pyridine rings is 1. The quantitative estimate of drug-likeness (QED) is 0.881. The van der Waals surface area contributed by atoms with E-state index in [1.54, 1.807) is 6.20 Å². The van der Waals surface area contributed by atoms with Crippen LogP contribution in [0.2, 0.25) is 0 Å². The summed E-state index contributed by atoms with van der Waals surface area (Å²) in [5.41, 5.74) is 2.26. The summed E-state index contributed by atoms with van der Waals surface area (Å²) < 4.78 is 11.3. The molecule has 1 spiro atoms. The minimum Gasteiger partial charge on any atom is -0.392 e. The number of aromatic nitrogens is 1. The fourth-order valence-corrected chi connectivity index (χ4v) is 3.92. The second-order valence-electron chi connectivity index (χ2n) is 6.94. The number of oxime groups is 1. The Kier molecular flexibility index (Phi) is 3.65. The van der Waals surface area contributed by atoms with Crippen LogP contribution in [0.25, 0.3) is 0 Å². The van der Waals surface area contributed by atoms with Crippen molar-refractivity contribution in [2.24, 2.45) is 5.16 Å². The Labute approximate surface area is 140 Å². The zero-order chi connectivity index (χ0) is 16.9. The SMILES string of the molecule is CC1=NOC(C)C1c1c[nH]c(=O)c(N2CCOC3(COC3)C2C)c1. The third-order valence-corrected chi connectivity index (χ3v) is 5.50. The predicted octanol–water partition coefficient (Wildman–Crippen LogP) is 1.25. The van der Waals surface area contributed by atoms with Crippen LogP contribution in [-0.2, 0) is 14.3 Å². The van der Waals surface area contributed by atoms with Gasteiger partial charge in [0.25, 0.3) is 5.56 Å². The molecule has 3 unspecified atom stereocenters. The minimum atomic E-state index is -0.290. The van der Waals surface area contributed by atoms with E-state index in [1.165, 1.54) is 0 Å². The Hall–Kier alpha value is -1.86. The molecular formula is C17H23N3O4. The smallest absolute Gasteiger partial charge is 0.271 e. The van der Waals surface area contributed by atoms with E-state index in [2.05, 4.69) is 22.0 Å². The summed E-state index contributed by atoms with van der Waals surface area (Å²) in [5, 5.41) is 4.07. The first-order valence-electron chi connectivity index (χ1n) is 8.43. The average molecular weight is 333 g/mol. The molecule has 1 N–H and O–H groups in total. The van der Waals surface area contributed by atoms with Gasteiger partial charge in [-0.05, 0) is 32.4 Å². The van der Waals surface area contributed by atoms with E-state index in [-0.39, 0.29) is 29.2 Å². The minimum absolute atomic E-state index is 0.0303. The first-order chi connectivity index (χ1) is 11.5. The highest BCUT2D eigenvalue weighted by molar-refractivity contribution is 5.90. The molecule has 0 bridgehead atoms. The summed E-state index contributed by atoms with van der Waals surface area (Å²) >= 11 is 0. The summed E-state index contributed by atoms with van der Waals surface area (Å²) in [6, 6.07) is 2.06. The fraction of sp³-hybridized carbons (Fsp3) is 0.647. The van der Waals surface area contributed by atoms with E-state index in [0.717, 1.165) is 11.3 Å². The lowest BCUT2D eigenvalue weighted by Crippen LogP contribution is -2.68. The highest BCUT2D eigenvalue weighted by atomic mass is 16.6. The summed E-state index contributed by atoms with van der Waals surface area (Å²) in [5.74, 6) is 0.0675. The second kappa shape index (κ2) is 5.60. The zero-order valence-electron chi connectivity index (χ0n) is 14.2. The first kappa shape index (κ1) is 15.7. The van der Waals surface area contributed by atoms with Crippen LogP contribution in [0.3, 0.4) is 0 Å². The number of anilines is 1.